The predicted octanol–water partition coefficient (Wildman–Crippen LogP) is 4.00. The Hall–Kier alpha value is -2.47. The van der Waals surface area contributed by atoms with Gasteiger partial charge in [-0.2, -0.15) is 0 Å². The van der Waals surface area contributed by atoms with Gasteiger partial charge in [-0.25, -0.2) is 4.98 Å². The summed E-state index contributed by atoms with van der Waals surface area (Å²) in [6.07, 6.45) is 1.08. The third-order valence-corrected chi connectivity index (χ3v) is 5.48. The molecule has 0 amide bonds. The van der Waals surface area contributed by atoms with Crippen molar-refractivity contribution in [2.75, 3.05) is 37.5 Å². The van der Waals surface area contributed by atoms with Crippen molar-refractivity contribution in [1.29, 1.82) is 0 Å². The maximum absolute atomic E-state index is 5.38. The molecule has 5 nitrogen and oxygen atoms in total. The highest BCUT2D eigenvalue weighted by molar-refractivity contribution is 7.22. The largest absolute Gasteiger partial charge is 0.497 e. The average Bonchev–Trinajstić information content (AvgIpc) is 3.27. The molecule has 1 aromatic heterocycles. The Bertz CT molecular complexity index is 825. The lowest BCUT2D eigenvalue weighted by molar-refractivity contribution is 0.394. The monoisotopic (exact) mass is 355 g/mol. The van der Waals surface area contributed by atoms with Gasteiger partial charge in [0.1, 0.15) is 11.5 Å². The number of anilines is 2. The van der Waals surface area contributed by atoms with E-state index in [1.165, 1.54) is 4.70 Å². The number of para-hydroxylation sites is 1. The second-order valence-electron chi connectivity index (χ2n) is 6.13. The minimum absolute atomic E-state index is 0.387. The molecule has 1 fully saturated rings. The molecule has 1 saturated heterocycles. The fraction of sp³-hybridized carbons (Fsp3) is 0.316. The highest BCUT2D eigenvalue weighted by Crippen LogP contribution is 2.32. The summed E-state index contributed by atoms with van der Waals surface area (Å²) < 4.78 is 12.0. The zero-order valence-corrected chi connectivity index (χ0v) is 15.2. The first kappa shape index (κ1) is 16.0. The summed E-state index contributed by atoms with van der Waals surface area (Å²) in [5.74, 6) is 1.63. The van der Waals surface area contributed by atoms with Crippen molar-refractivity contribution < 1.29 is 9.47 Å². The van der Waals surface area contributed by atoms with Crippen LogP contribution in [-0.2, 0) is 0 Å². The zero-order valence-electron chi connectivity index (χ0n) is 14.4. The molecule has 1 unspecified atom stereocenters. The molecule has 0 radical (unpaired) electrons. The van der Waals surface area contributed by atoms with E-state index in [9.17, 15) is 0 Å². The van der Waals surface area contributed by atoms with Crippen LogP contribution in [0.3, 0.4) is 0 Å². The Kier molecular flexibility index (Phi) is 4.36. The Morgan fingerprint density at radius 2 is 1.88 bits per heavy atom. The molecule has 130 valence electrons. The summed E-state index contributed by atoms with van der Waals surface area (Å²) in [6, 6.07) is 14.7. The van der Waals surface area contributed by atoms with Crippen LogP contribution in [0.4, 0.5) is 10.8 Å². The Balaban J connectivity index is 1.47. The summed E-state index contributed by atoms with van der Waals surface area (Å²) in [4.78, 5) is 7.03. The number of methoxy groups -OCH3 is 2. The van der Waals surface area contributed by atoms with Crippen LogP contribution in [0.15, 0.2) is 42.5 Å². The Morgan fingerprint density at radius 1 is 1.12 bits per heavy atom. The van der Waals surface area contributed by atoms with E-state index < -0.39 is 0 Å². The normalized spacial score (nSPS) is 17.0. The number of benzene rings is 2. The quantitative estimate of drug-likeness (QED) is 0.749. The zero-order chi connectivity index (χ0) is 17.2. The van der Waals surface area contributed by atoms with Gasteiger partial charge in [0.05, 0.1) is 24.4 Å². The van der Waals surface area contributed by atoms with Crippen molar-refractivity contribution in [1.82, 2.24) is 4.98 Å². The van der Waals surface area contributed by atoms with Gasteiger partial charge in [-0.15, -0.1) is 0 Å². The van der Waals surface area contributed by atoms with E-state index in [2.05, 4.69) is 45.5 Å². The van der Waals surface area contributed by atoms with Gasteiger partial charge in [-0.1, -0.05) is 23.5 Å². The molecule has 2 heterocycles. The smallest absolute Gasteiger partial charge is 0.184 e. The molecule has 6 heteroatoms. The number of hydrogen-bond acceptors (Lipinski definition) is 6. The first-order valence-electron chi connectivity index (χ1n) is 8.35. The molecule has 3 aromatic rings. The van der Waals surface area contributed by atoms with Crippen LogP contribution in [0.2, 0.25) is 0 Å². The van der Waals surface area contributed by atoms with Gasteiger partial charge in [0, 0.05) is 43.0 Å². The van der Waals surface area contributed by atoms with E-state index in [0.29, 0.717) is 6.04 Å². The molecule has 0 aliphatic carbocycles. The summed E-state index contributed by atoms with van der Waals surface area (Å²) in [5, 5.41) is 4.59. The Labute approximate surface area is 151 Å². The fourth-order valence-corrected chi connectivity index (χ4v) is 4.14. The first-order valence-corrected chi connectivity index (χ1v) is 9.17. The lowest BCUT2D eigenvalue weighted by Gasteiger charge is -2.20. The summed E-state index contributed by atoms with van der Waals surface area (Å²) >= 11 is 1.71. The van der Waals surface area contributed by atoms with Gasteiger partial charge in [0.2, 0.25) is 0 Å². The molecule has 2 aromatic carbocycles. The van der Waals surface area contributed by atoms with Crippen molar-refractivity contribution in [3.8, 4) is 11.5 Å². The van der Waals surface area contributed by atoms with Gasteiger partial charge >= 0.3 is 0 Å². The average molecular weight is 355 g/mol. The van der Waals surface area contributed by atoms with E-state index in [-0.39, 0.29) is 0 Å². The standard InChI is InChI=1S/C19H21N3O2S/c1-23-15-9-14(10-16(11-15)24-2)22-8-7-13(12-22)20-19-21-17-5-3-4-6-18(17)25-19/h3-6,9-11,13H,7-8,12H2,1-2H3,(H,20,21). The van der Waals surface area contributed by atoms with Gasteiger partial charge in [0.15, 0.2) is 5.13 Å². The number of nitrogens with one attached hydrogen (secondary N) is 1. The molecule has 0 saturated carbocycles. The number of aromatic nitrogens is 1. The van der Waals surface area contributed by atoms with E-state index in [4.69, 9.17) is 9.47 Å². The van der Waals surface area contributed by atoms with Crippen LogP contribution in [0.1, 0.15) is 6.42 Å². The van der Waals surface area contributed by atoms with Gasteiger partial charge in [-0.05, 0) is 18.6 Å². The minimum atomic E-state index is 0.387. The lowest BCUT2D eigenvalue weighted by atomic mass is 10.2. The molecule has 25 heavy (non-hydrogen) atoms. The fourth-order valence-electron chi connectivity index (χ4n) is 3.20. The summed E-state index contributed by atoms with van der Waals surface area (Å²) in [6.45, 7) is 1.94. The number of hydrogen-bond donors (Lipinski definition) is 1. The predicted molar refractivity (Wildman–Crippen MR) is 103 cm³/mol. The molecule has 0 spiro atoms. The van der Waals surface area contributed by atoms with Crippen LogP contribution < -0.4 is 19.7 Å². The summed E-state index contributed by atoms with van der Waals surface area (Å²) in [5.41, 5.74) is 2.19. The van der Waals surface area contributed by atoms with Crippen LogP contribution in [0.5, 0.6) is 11.5 Å². The Morgan fingerprint density at radius 3 is 2.60 bits per heavy atom. The van der Waals surface area contributed by atoms with E-state index >= 15 is 0 Å². The number of fused-ring (bicyclic) bond motifs is 1. The van der Waals surface area contributed by atoms with Crippen LogP contribution in [0, 0.1) is 0 Å². The van der Waals surface area contributed by atoms with E-state index in [1.54, 1.807) is 25.6 Å². The molecule has 4 rings (SSSR count). The first-order chi connectivity index (χ1) is 12.2. The van der Waals surface area contributed by atoms with Crippen LogP contribution in [0.25, 0.3) is 10.2 Å². The molecular weight excluding hydrogens is 334 g/mol. The lowest BCUT2D eigenvalue weighted by Crippen LogP contribution is -2.25. The number of nitrogens with zero attached hydrogens (tertiary/aromatic N) is 2. The van der Waals surface area contributed by atoms with Gasteiger partial charge in [-0.3, -0.25) is 0 Å². The number of rotatable bonds is 5. The van der Waals surface area contributed by atoms with Crippen molar-refractivity contribution in [3.63, 3.8) is 0 Å². The van der Waals surface area contributed by atoms with Crippen molar-refractivity contribution >= 4 is 32.4 Å². The third-order valence-electron chi connectivity index (χ3n) is 4.51. The highest BCUT2D eigenvalue weighted by Gasteiger charge is 2.24. The molecule has 1 aliphatic heterocycles. The molecule has 1 N–H and O–H groups in total. The SMILES string of the molecule is COc1cc(OC)cc(N2CCC(Nc3nc4ccccc4s3)C2)c1. The van der Waals surface area contributed by atoms with Crippen LogP contribution in [-0.4, -0.2) is 38.3 Å². The van der Waals surface area contributed by atoms with Gasteiger partial charge in [0.25, 0.3) is 0 Å². The van der Waals surface area contributed by atoms with E-state index in [0.717, 1.165) is 47.3 Å². The topological polar surface area (TPSA) is 46.6 Å². The minimum Gasteiger partial charge on any atom is -0.497 e. The van der Waals surface area contributed by atoms with Crippen molar-refractivity contribution in [2.45, 2.75) is 12.5 Å². The van der Waals surface area contributed by atoms with Crippen molar-refractivity contribution in [3.05, 3.63) is 42.5 Å². The van der Waals surface area contributed by atoms with Crippen LogP contribution >= 0.6 is 11.3 Å². The maximum atomic E-state index is 5.38. The number of thiazole rings is 1. The number of ether oxygens (including phenoxy) is 2. The molecule has 0 bridgehead atoms. The second kappa shape index (κ2) is 6.80. The van der Waals surface area contributed by atoms with Gasteiger partial charge < -0.3 is 19.7 Å². The summed E-state index contributed by atoms with van der Waals surface area (Å²) in [7, 11) is 3.36. The highest BCUT2D eigenvalue weighted by atomic mass is 32.1. The molecule has 1 aliphatic rings. The second-order valence-corrected chi connectivity index (χ2v) is 7.16. The van der Waals surface area contributed by atoms with Crippen molar-refractivity contribution in [2.24, 2.45) is 0 Å². The molecule has 1 atom stereocenters. The molecular formula is C19H21N3O2S. The van der Waals surface area contributed by atoms with E-state index in [1.807, 2.05) is 12.1 Å². The third kappa shape index (κ3) is 3.35. The maximum Gasteiger partial charge on any atom is 0.184 e.